The number of carbonyl (C=O) groups is 2. The van der Waals surface area contributed by atoms with Gasteiger partial charge in [-0.15, -0.1) is 11.3 Å². The SMILES string of the molecule is O=C(/C=C/c1ccc(-c2ccccc2)o1)Nc1ccc(N2CCN(C(=O)c3cccs3)CC2)c(Cl)c1. The van der Waals surface area contributed by atoms with Gasteiger partial charge in [-0.05, 0) is 47.9 Å². The van der Waals surface area contributed by atoms with Crippen molar-refractivity contribution in [3.8, 4) is 11.3 Å². The van der Waals surface area contributed by atoms with Crippen LogP contribution in [0.3, 0.4) is 0 Å². The molecular formula is C28H24ClN3O3S. The van der Waals surface area contributed by atoms with Crippen molar-refractivity contribution in [3.05, 3.63) is 99.9 Å². The summed E-state index contributed by atoms with van der Waals surface area (Å²) in [6.45, 7) is 2.66. The lowest BCUT2D eigenvalue weighted by atomic mass is 10.2. The van der Waals surface area contributed by atoms with Gasteiger partial charge in [-0.2, -0.15) is 0 Å². The molecule has 2 aromatic heterocycles. The first-order valence-corrected chi connectivity index (χ1v) is 12.8. The van der Waals surface area contributed by atoms with Crippen molar-refractivity contribution in [3.63, 3.8) is 0 Å². The zero-order valence-corrected chi connectivity index (χ0v) is 21.0. The van der Waals surface area contributed by atoms with E-state index in [0.717, 1.165) is 21.9 Å². The van der Waals surface area contributed by atoms with Gasteiger partial charge in [0, 0.05) is 43.5 Å². The molecule has 0 atom stereocenters. The minimum absolute atomic E-state index is 0.0766. The Morgan fingerprint density at radius 1 is 0.944 bits per heavy atom. The predicted molar refractivity (Wildman–Crippen MR) is 146 cm³/mol. The molecule has 0 aliphatic carbocycles. The molecule has 1 aliphatic rings. The van der Waals surface area contributed by atoms with Crippen LogP contribution in [0.5, 0.6) is 0 Å². The number of hydrogen-bond acceptors (Lipinski definition) is 5. The van der Waals surface area contributed by atoms with Crippen LogP contribution in [0, 0.1) is 0 Å². The lowest BCUT2D eigenvalue weighted by Gasteiger charge is -2.36. The Hall–Kier alpha value is -3.81. The third-order valence-electron chi connectivity index (χ3n) is 5.94. The highest BCUT2D eigenvalue weighted by molar-refractivity contribution is 7.12. The van der Waals surface area contributed by atoms with Gasteiger partial charge >= 0.3 is 0 Å². The van der Waals surface area contributed by atoms with Crippen LogP contribution < -0.4 is 10.2 Å². The highest BCUT2D eigenvalue weighted by Gasteiger charge is 2.24. The summed E-state index contributed by atoms with van der Waals surface area (Å²) in [6, 6.07) is 22.7. The number of thiophene rings is 1. The zero-order valence-electron chi connectivity index (χ0n) is 19.4. The smallest absolute Gasteiger partial charge is 0.264 e. The Morgan fingerprint density at radius 2 is 1.75 bits per heavy atom. The van der Waals surface area contributed by atoms with E-state index >= 15 is 0 Å². The van der Waals surface area contributed by atoms with Gasteiger partial charge in [0.25, 0.3) is 5.91 Å². The van der Waals surface area contributed by atoms with Crippen LogP contribution in [0.25, 0.3) is 17.4 Å². The third kappa shape index (κ3) is 5.53. The van der Waals surface area contributed by atoms with Crippen molar-refractivity contribution in [2.75, 3.05) is 36.4 Å². The van der Waals surface area contributed by atoms with Gasteiger partial charge in [0.05, 0.1) is 15.6 Å². The molecule has 3 heterocycles. The third-order valence-corrected chi connectivity index (χ3v) is 7.10. The van der Waals surface area contributed by atoms with Gasteiger partial charge in [0.1, 0.15) is 11.5 Å². The second-order valence-corrected chi connectivity index (χ2v) is 9.67. The molecule has 36 heavy (non-hydrogen) atoms. The van der Waals surface area contributed by atoms with Crippen molar-refractivity contribution in [1.82, 2.24) is 4.90 Å². The van der Waals surface area contributed by atoms with Crippen LogP contribution in [-0.4, -0.2) is 42.9 Å². The molecule has 0 radical (unpaired) electrons. The molecular weight excluding hydrogens is 494 g/mol. The second-order valence-electron chi connectivity index (χ2n) is 8.31. The average Bonchev–Trinajstić information content (AvgIpc) is 3.61. The quantitative estimate of drug-likeness (QED) is 0.306. The van der Waals surface area contributed by atoms with E-state index in [1.807, 2.05) is 77.0 Å². The minimum atomic E-state index is -0.280. The number of nitrogens with one attached hydrogen (secondary N) is 1. The Bertz CT molecular complexity index is 1370. The maximum atomic E-state index is 12.6. The Kier molecular flexibility index (Phi) is 7.21. The van der Waals surface area contributed by atoms with Gasteiger partial charge in [-0.1, -0.05) is 48.0 Å². The zero-order chi connectivity index (χ0) is 24.9. The lowest BCUT2D eigenvalue weighted by Crippen LogP contribution is -2.48. The number of nitrogens with zero attached hydrogens (tertiary/aromatic N) is 2. The van der Waals surface area contributed by atoms with Crippen LogP contribution >= 0.6 is 22.9 Å². The number of carbonyl (C=O) groups excluding carboxylic acids is 2. The van der Waals surface area contributed by atoms with E-state index in [2.05, 4.69) is 10.2 Å². The highest BCUT2D eigenvalue weighted by Crippen LogP contribution is 2.30. The number of anilines is 2. The lowest BCUT2D eigenvalue weighted by molar-refractivity contribution is -0.111. The normalized spacial score (nSPS) is 13.8. The van der Waals surface area contributed by atoms with Gasteiger partial charge < -0.3 is 19.5 Å². The molecule has 0 bridgehead atoms. The van der Waals surface area contributed by atoms with Crippen LogP contribution in [0.2, 0.25) is 5.02 Å². The number of piperazine rings is 1. The summed E-state index contributed by atoms with van der Waals surface area (Å²) in [6.07, 6.45) is 3.06. The highest BCUT2D eigenvalue weighted by atomic mass is 35.5. The van der Waals surface area contributed by atoms with Crippen molar-refractivity contribution in [2.45, 2.75) is 0 Å². The number of rotatable bonds is 6. The fraction of sp³-hybridized carbons (Fsp3) is 0.143. The topological polar surface area (TPSA) is 65.8 Å². The molecule has 0 saturated carbocycles. The molecule has 1 aliphatic heterocycles. The maximum absolute atomic E-state index is 12.6. The van der Waals surface area contributed by atoms with Crippen molar-refractivity contribution in [2.24, 2.45) is 0 Å². The minimum Gasteiger partial charge on any atom is -0.457 e. The van der Waals surface area contributed by atoms with E-state index in [4.69, 9.17) is 16.0 Å². The number of halogens is 1. The summed E-state index contributed by atoms with van der Waals surface area (Å²) in [5.74, 6) is 1.13. The van der Waals surface area contributed by atoms with Crippen molar-refractivity contribution < 1.29 is 14.0 Å². The molecule has 1 saturated heterocycles. The van der Waals surface area contributed by atoms with Gasteiger partial charge in [-0.3, -0.25) is 9.59 Å². The second kappa shape index (κ2) is 10.8. The summed E-state index contributed by atoms with van der Waals surface area (Å²) in [7, 11) is 0. The van der Waals surface area contributed by atoms with Gasteiger partial charge in [-0.25, -0.2) is 0 Å². The standard InChI is InChI=1S/C28H24ClN3O3S/c29-23-19-21(30-27(33)13-10-22-9-12-25(35-22)20-5-2-1-3-6-20)8-11-24(23)31-14-16-32(17-15-31)28(34)26-7-4-18-36-26/h1-13,18-19H,14-17H2,(H,30,33)/b13-10+. The summed E-state index contributed by atoms with van der Waals surface area (Å²) in [5, 5.41) is 5.30. The predicted octanol–water partition coefficient (Wildman–Crippen LogP) is 6.28. The van der Waals surface area contributed by atoms with Gasteiger partial charge in [0.15, 0.2) is 0 Å². The number of hydrogen-bond donors (Lipinski definition) is 1. The molecule has 0 unspecified atom stereocenters. The molecule has 2 amide bonds. The molecule has 0 spiro atoms. The molecule has 6 nitrogen and oxygen atoms in total. The first-order chi connectivity index (χ1) is 17.6. The first-order valence-electron chi connectivity index (χ1n) is 11.6. The fourth-order valence-electron chi connectivity index (χ4n) is 4.09. The van der Waals surface area contributed by atoms with Crippen LogP contribution in [0.4, 0.5) is 11.4 Å². The molecule has 1 N–H and O–H groups in total. The van der Waals surface area contributed by atoms with Gasteiger partial charge in [0.2, 0.25) is 5.91 Å². The van der Waals surface area contributed by atoms with E-state index in [9.17, 15) is 9.59 Å². The van der Waals surface area contributed by atoms with E-state index in [0.29, 0.717) is 42.6 Å². The molecule has 8 heteroatoms. The van der Waals surface area contributed by atoms with Crippen LogP contribution in [-0.2, 0) is 4.79 Å². The number of furan rings is 1. The Labute approximate surface area is 218 Å². The summed E-state index contributed by atoms with van der Waals surface area (Å²) in [5.41, 5.74) is 2.47. The van der Waals surface area contributed by atoms with E-state index in [1.54, 1.807) is 12.1 Å². The molecule has 4 aromatic rings. The molecule has 2 aromatic carbocycles. The van der Waals surface area contributed by atoms with E-state index in [1.165, 1.54) is 17.4 Å². The van der Waals surface area contributed by atoms with E-state index < -0.39 is 0 Å². The largest absolute Gasteiger partial charge is 0.457 e. The Morgan fingerprint density at radius 3 is 2.47 bits per heavy atom. The number of benzene rings is 2. The summed E-state index contributed by atoms with van der Waals surface area (Å²) in [4.78, 5) is 29.8. The van der Waals surface area contributed by atoms with Crippen molar-refractivity contribution >= 4 is 52.2 Å². The maximum Gasteiger partial charge on any atom is 0.264 e. The molecule has 182 valence electrons. The monoisotopic (exact) mass is 517 g/mol. The first kappa shape index (κ1) is 23.9. The number of amides is 2. The van der Waals surface area contributed by atoms with E-state index in [-0.39, 0.29) is 11.8 Å². The summed E-state index contributed by atoms with van der Waals surface area (Å²) < 4.78 is 5.80. The van der Waals surface area contributed by atoms with Crippen molar-refractivity contribution in [1.29, 1.82) is 0 Å². The summed E-state index contributed by atoms with van der Waals surface area (Å²) >= 11 is 8.02. The molecule has 1 fully saturated rings. The molecule has 5 rings (SSSR count). The average molecular weight is 518 g/mol. The fourth-order valence-corrected chi connectivity index (χ4v) is 5.08. The van der Waals surface area contributed by atoms with Crippen LogP contribution in [0.1, 0.15) is 15.4 Å². The Balaban J connectivity index is 1.16. The van der Waals surface area contributed by atoms with Crippen LogP contribution in [0.15, 0.2) is 88.7 Å².